The third kappa shape index (κ3) is 3.23. The van der Waals surface area contributed by atoms with Gasteiger partial charge in [0.15, 0.2) is 0 Å². The summed E-state index contributed by atoms with van der Waals surface area (Å²) in [6.07, 6.45) is 2.82. The Bertz CT molecular complexity index is 422. The van der Waals surface area contributed by atoms with Crippen molar-refractivity contribution in [2.24, 2.45) is 11.3 Å². The van der Waals surface area contributed by atoms with Crippen LogP contribution in [0.15, 0.2) is 17.5 Å². The molecular formula is C16H26N2OS. The molecule has 2 rings (SSSR count). The van der Waals surface area contributed by atoms with Gasteiger partial charge in [-0.25, -0.2) is 0 Å². The molecule has 1 aliphatic rings. The van der Waals surface area contributed by atoms with E-state index in [9.17, 15) is 4.79 Å². The van der Waals surface area contributed by atoms with Crippen molar-refractivity contribution in [1.82, 2.24) is 10.6 Å². The van der Waals surface area contributed by atoms with E-state index in [1.807, 2.05) is 0 Å². The Balaban J connectivity index is 2.11. The van der Waals surface area contributed by atoms with Crippen LogP contribution in [0.25, 0.3) is 0 Å². The molecule has 1 saturated heterocycles. The fraction of sp³-hybridized carbons (Fsp3) is 0.688. The first-order valence-corrected chi connectivity index (χ1v) is 8.52. The highest BCUT2D eigenvalue weighted by Crippen LogP contribution is 2.35. The molecule has 3 nitrogen and oxygen atoms in total. The molecule has 0 aliphatic carbocycles. The minimum Gasteiger partial charge on any atom is -0.348 e. The summed E-state index contributed by atoms with van der Waals surface area (Å²) in [5.74, 6) is 0.654. The second-order valence-corrected chi connectivity index (χ2v) is 7.07. The first kappa shape index (κ1) is 15.5. The van der Waals surface area contributed by atoms with E-state index in [4.69, 9.17) is 0 Å². The molecule has 2 N–H and O–H groups in total. The Morgan fingerprint density at radius 3 is 2.65 bits per heavy atom. The predicted molar refractivity (Wildman–Crippen MR) is 84.9 cm³/mol. The lowest BCUT2D eigenvalue weighted by molar-refractivity contribution is -0.134. The largest absolute Gasteiger partial charge is 0.348 e. The van der Waals surface area contributed by atoms with Gasteiger partial charge in [0.25, 0.3) is 0 Å². The van der Waals surface area contributed by atoms with Crippen LogP contribution >= 0.6 is 11.3 Å². The van der Waals surface area contributed by atoms with Gasteiger partial charge < -0.3 is 10.6 Å². The van der Waals surface area contributed by atoms with E-state index in [-0.39, 0.29) is 17.4 Å². The van der Waals surface area contributed by atoms with E-state index in [0.29, 0.717) is 5.92 Å². The Kier molecular flexibility index (Phi) is 5.22. The second kappa shape index (κ2) is 6.72. The zero-order valence-corrected chi connectivity index (χ0v) is 13.6. The minimum atomic E-state index is -0.171. The lowest BCUT2D eigenvalue weighted by atomic mass is 9.75. The highest BCUT2D eigenvalue weighted by molar-refractivity contribution is 7.10. The van der Waals surface area contributed by atoms with E-state index in [1.54, 1.807) is 11.3 Å². The van der Waals surface area contributed by atoms with Crippen LogP contribution < -0.4 is 10.6 Å². The van der Waals surface area contributed by atoms with Gasteiger partial charge in [-0.2, -0.15) is 0 Å². The van der Waals surface area contributed by atoms with Gasteiger partial charge >= 0.3 is 0 Å². The zero-order valence-electron chi connectivity index (χ0n) is 12.7. The van der Waals surface area contributed by atoms with Gasteiger partial charge in [-0.1, -0.05) is 26.8 Å². The summed E-state index contributed by atoms with van der Waals surface area (Å²) in [6, 6.07) is 4.32. The molecule has 1 aromatic rings. The topological polar surface area (TPSA) is 41.1 Å². The monoisotopic (exact) mass is 294 g/mol. The summed E-state index contributed by atoms with van der Waals surface area (Å²) in [5.41, 5.74) is -0.171. The fourth-order valence-electron chi connectivity index (χ4n) is 2.98. The molecule has 0 spiro atoms. The SMILES string of the molecule is CCC1(C(=O)NC(c2cccs2)C(C)C)CCNCC1. The summed E-state index contributed by atoms with van der Waals surface area (Å²) < 4.78 is 0. The molecule has 1 aromatic heterocycles. The van der Waals surface area contributed by atoms with Gasteiger partial charge in [0, 0.05) is 4.88 Å². The van der Waals surface area contributed by atoms with Gasteiger partial charge in [0.2, 0.25) is 5.91 Å². The van der Waals surface area contributed by atoms with Crippen LogP contribution in [-0.4, -0.2) is 19.0 Å². The lowest BCUT2D eigenvalue weighted by Crippen LogP contribution is -2.48. The highest BCUT2D eigenvalue weighted by atomic mass is 32.1. The molecule has 0 bridgehead atoms. The molecule has 20 heavy (non-hydrogen) atoms. The molecular weight excluding hydrogens is 268 g/mol. The van der Waals surface area contributed by atoms with Crippen molar-refractivity contribution >= 4 is 17.2 Å². The van der Waals surface area contributed by atoms with Crippen LogP contribution in [0.4, 0.5) is 0 Å². The van der Waals surface area contributed by atoms with Crippen molar-refractivity contribution in [1.29, 1.82) is 0 Å². The van der Waals surface area contributed by atoms with Gasteiger partial charge in [-0.15, -0.1) is 11.3 Å². The summed E-state index contributed by atoms with van der Waals surface area (Å²) >= 11 is 1.73. The first-order valence-electron chi connectivity index (χ1n) is 7.64. The molecule has 112 valence electrons. The molecule has 4 heteroatoms. The standard InChI is InChI=1S/C16H26N2OS/c1-4-16(7-9-17-10-8-16)15(19)18-14(12(2)3)13-6-5-11-20-13/h5-6,11-12,14,17H,4,7-10H2,1-3H3,(H,18,19). The van der Waals surface area contributed by atoms with Gasteiger partial charge in [-0.3, -0.25) is 4.79 Å². The van der Waals surface area contributed by atoms with Crippen LogP contribution in [0.1, 0.15) is 51.0 Å². The molecule has 0 radical (unpaired) electrons. The summed E-state index contributed by atoms with van der Waals surface area (Å²) in [6.45, 7) is 8.39. The third-order valence-electron chi connectivity index (χ3n) is 4.52. The lowest BCUT2D eigenvalue weighted by Gasteiger charge is -2.37. The second-order valence-electron chi connectivity index (χ2n) is 6.09. The van der Waals surface area contributed by atoms with Crippen molar-refractivity contribution in [2.45, 2.75) is 46.1 Å². The van der Waals surface area contributed by atoms with E-state index in [1.165, 1.54) is 4.88 Å². The van der Waals surface area contributed by atoms with Gasteiger partial charge in [0.05, 0.1) is 11.5 Å². The molecule has 0 saturated carbocycles. The van der Waals surface area contributed by atoms with Crippen molar-refractivity contribution < 1.29 is 4.79 Å². The van der Waals surface area contributed by atoms with Crippen molar-refractivity contribution in [3.63, 3.8) is 0 Å². The van der Waals surface area contributed by atoms with E-state index < -0.39 is 0 Å². The molecule has 1 fully saturated rings. The number of hydrogen-bond donors (Lipinski definition) is 2. The maximum atomic E-state index is 12.8. The van der Waals surface area contributed by atoms with E-state index in [2.05, 4.69) is 48.9 Å². The maximum absolute atomic E-state index is 12.8. The van der Waals surface area contributed by atoms with Crippen molar-refractivity contribution in [3.05, 3.63) is 22.4 Å². The molecule has 0 aromatic carbocycles. The molecule has 1 atom stereocenters. The van der Waals surface area contributed by atoms with Crippen LogP contribution in [0.2, 0.25) is 0 Å². The quantitative estimate of drug-likeness (QED) is 0.874. The normalized spacial score (nSPS) is 19.8. The van der Waals surface area contributed by atoms with Crippen LogP contribution in [0, 0.1) is 11.3 Å². The molecule has 1 unspecified atom stereocenters. The highest BCUT2D eigenvalue weighted by Gasteiger charge is 2.39. The van der Waals surface area contributed by atoms with Crippen molar-refractivity contribution in [2.75, 3.05) is 13.1 Å². The number of nitrogens with one attached hydrogen (secondary N) is 2. The first-order chi connectivity index (χ1) is 9.59. The zero-order chi connectivity index (χ0) is 14.6. The van der Waals surface area contributed by atoms with Gasteiger partial charge in [-0.05, 0) is 49.7 Å². The Morgan fingerprint density at radius 2 is 2.15 bits per heavy atom. The number of carbonyl (C=O) groups is 1. The molecule has 1 amide bonds. The van der Waals surface area contributed by atoms with E-state index >= 15 is 0 Å². The van der Waals surface area contributed by atoms with Gasteiger partial charge in [0.1, 0.15) is 0 Å². The Hall–Kier alpha value is -0.870. The predicted octanol–water partition coefficient (Wildman–Crippen LogP) is 3.34. The number of thiophene rings is 1. The smallest absolute Gasteiger partial charge is 0.226 e. The van der Waals surface area contributed by atoms with Crippen LogP contribution in [0.5, 0.6) is 0 Å². The number of carbonyl (C=O) groups excluding carboxylic acids is 1. The fourth-order valence-corrected chi connectivity index (χ4v) is 3.92. The summed E-state index contributed by atoms with van der Waals surface area (Å²) in [7, 11) is 0. The average molecular weight is 294 g/mol. The van der Waals surface area contributed by atoms with Crippen LogP contribution in [-0.2, 0) is 4.79 Å². The maximum Gasteiger partial charge on any atom is 0.226 e. The third-order valence-corrected chi connectivity index (χ3v) is 5.48. The summed E-state index contributed by atoms with van der Waals surface area (Å²) in [5, 5.41) is 8.76. The minimum absolute atomic E-state index is 0.140. The molecule has 1 aliphatic heterocycles. The average Bonchev–Trinajstić information content (AvgIpc) is 2.98. The van der Waals surface area contributed by atoms with E-state index in [0.717, 1.165) is 32.4 Å². The number of piperidine rings is 1. The number of hydrogen-bond acceptors (Lipinski definition) is 3. The summed E-state index contributed by atoms with van der Waals surface area (Å²) in [4.78, 5) is 14.1. The van der Waals surface area contributed by atoms with Crippen molar-refractivity contribution in [3.8, 4) is 0 Å². The molecule has 2 heterocycles. The van der Waals surface area contributed by atoms with Crippen LogP contribution in [0.3, 0.4) is 0 Å². The Morgan fingerprint density at radius 1 is 1.45 bits per heavy atom. The number of amides is 1. The Labute approximate surface area is 126 Å². The number of rotatable bonds is 5.